The van der Waals surface area contributed by atoms with Crippen LogP contribution in [0.1, 0.15) is 52.5 Å². The van der Waals surface area contributed by atoms with Gasteiger partial charge in [0.1, 0.15) is 0 Å². The van der Waals surface area contributed by atoms with Crippen molar-refractivity contribution in [3.8, 4) is 0 Å². The Morgan fingerprint density at radius 3 is 2.65 bits per heavy atom. The highest BCUT2D eigenvalue weighted by Gasteiger charge is 2.50. The summed E-state index contributed by atoms with van der Waals surface area (Å²) in [5.41, 5.74) is 3.00. The summed E-state index contributed by atoms with van der Waals surface area (Å²) < 4.78 is 5.79. The molecule has 2 atom stereocenters. The maximum Gasteiger partial charge on any atom is 0.0721 e. The van der Waals surface area contributed by atoms with Gasteiger partial charge >= 0.3 is 0 Å². The van der Waals surface area contributed by atoms with Crippen molar-refractivity contribution in [2.75, 3.05) is 13.2 Å². The Bertz CT molecular complexity index is 518. The molecule has 0 unspecified atom stereocenters. The zero-order valence-corrected chi connectivity index (χ0v) is 15.1. The summed E-state index contributed by atoms with van der Waals surface area (Å²) >= 11 is 0. The molecular formula is C21H32O2. The molecular weight excluding hydrogens is 284 g/mol. The largest absolute Gasteiger partial charge is 0.396 e. The van der Waals surface area contributed by atoms with Gasteiger partial charge in [-0.25, -0.2) is 0 Å². The van der Waals surface area contributed by atoms with E-state index >= 15 is 0 Å². The summed E-state index contributed by atoms with van der Waals surface area (Å²) in [6, 6.07) is 10.3. The molecule has 0 bridgehead atoms. The standard InChI is InChI=1S/C21H32O2/c1-17(14-23-15-18-8-6-5-7-9-18)10-11-20(2,3)12-19-13-21(19,4)16-22/h5-10,19,22H,11-16H2,1-4H3/b17-10+/t19-,21+/m0/s1. The topological polar surface area (TPSA) is 29.5 Å². The fourth-order valence-electron chi connectivity index (χ4n) is 3.18. The molecule has 0 spiro atoms. The van der Waals surface area contributed by atoms with Gasteiger partial charge in [-0.05, 0) is 48.5 Å². The summed E-state index contributed by atoms with van der Waals surface area (Å²) in [7, 11) is 0. The molecule has 1 aromatic carbocycles. The van der Waals surface area contributed by atoms with Gasteiger partial charge in [0.25, 0.3) is 0 Å². The zero-order valence-electron chi connectivity index (χ0n) is 15.1. The molecule has 1 aromatic rings. The first kappa shape index (κ1) is 18.2. The molecule has 2 rings (SSSR count). The van der Waals surface area contributed by atoms with E-state index in [1.807, 2.05) is 18.2 Å². The molecule has 23 heavy (non-hydrogen) atoms. The number of ether oxygens (including phenoxy) is 1. The minimum Gasteiger partial charge on any atom is -0.396 e. The molecule has 1 N–H and O–H groups in total. The quantitative estimate of drug-likeness (QED) is 0.651. The number of rotatable bonds is 9. The average Bonchev–Trinajstić information content (AvgIpc) is 3.16. The lowest BCUT2D eigenvalue weighted by atomic mass is 9.81. The number of hydrogen-bond acceptors (Lipinski definition) is 2. The third-order valence-corrected chi connectivity index (χ3v) is 5.14. The highest BCUT2D eigenvalue weighted by molar-refractivity contribution is 5.13. The van der Waals surface area contributed by atoms with Crippen LogP contribution in [0.25, 0.3) is 0 Å². The lowest BCUT2D eigenvalue weighted by Gasteiger charge is -2.24. The molecule has 2 nitrogen and oxygen atoms in total. The highest BCUT2D eigenvalue weighted by atomic mass is 16.5. The van der Waals surface area contributed by atoms with Gasteiger partial charge in [0.2, 0.25) is 0 Å². The second kappa shape index (κ2) is 7.63. The maximum absolute atomic E-state index is 9.41. The highest BCUT2D eigenvalue weighted by Crippen LogP contribution is 2.57. The van der Waals surface area contributed by atoms with Crippen LogP contribution in [0.15, 0.2) is 42.0 Å². The van der Waals surface area contributed by atoms with Crippen molar-refractivity contribution in [2.45, 2.75) is 53.6 Å². The average molecular weight is 316 g/mol. The van der Waals surface area contributed by atoms with Crippen molar-refractivity contribution >= 4 is 0 Å². The van der Waals surface area contributed by atoms with E-state index in [4.69, 9.17) is 4.74 Å². The van der Waals surface area contributed by atoms with Crippen LogP contribution >= 0.6 is 0 Å². The predicted molar refractivity (Wildman–Crippen MR) is 96.2 cm³/mol. The smallest absolute Gasteiger partial charge is 0.0721 e. The Labute approximate surface area is 141 Å². The van der Waals surface area contributed by atoms with Gasteiger partial charge in [0, 0.05) is 6.61 Å². The van der Waals surface area contributed by atoms with Crippen LogP contribution in [-0.4, -0.2) is 18.3 Å². The van der Waals surface area contributed by atoms with Crippen molar-refractivity contribution in [1.29, 1.82) is 0 Å². The second-order valence-electron chi connectivity index (χ2n) is 8.31. The van der Waals surface area contributed by atoms with Gasteiger partial charge in [0.05, 0.1) is 13.2 Å². The van der Waals surface area contributed by atoms with E-state index in [0.717, 1.165) is 6.42 Å². The Kier molecular flexibility index (Phi) is 6.05. The second-order valence-corrected chi connectivity index (χ2v) is 8.31. The van der Waals surface area contributed by atoms with E-state index in [1.165, 1.54) is 24.0 Å². The number of aliphatic hydroxyl groups is 1. The SMILES string of the molecule is C/C(=C\CC(C)(C)C[C@H]1C[C@]1(C)CO)COCc1ccccc1. The van der Waals surface area contributed by atoms with E-state index in [9.17, 15) is 5.11 Å². The number of benzene rings is 1. The Morgan fingerprint density at radius 1 is 1.35 bits per heavy atom. The fraction of sp³-hybridized carbons (Fsp3) is 0.619. The zero-order chi connectivity index (χ0) is 16.9. The van der Waals surface area contributed by atoms with E-state index in [1.54, 1.807) is 0 Å². The molecule has 0 heterocycles. The summed E-state index contributed by atoms with van der Waals surface area (Å²) in [6.45, 7) is 10.7. The Balaban J connectivity index is 1.71. The van der Waals surface area contributed by atoms with E-state index in [-0.39, 0.29) is 10.8 Å². The molecule has 0 saturated heterocycles. The van der Waals surface area contributed by atoms with Crippen LogP contribution in [0.4, 0.5) is 0 Å². The monoisotopic (exact) mass is 316 g/mol. The van der Waals surface area contributed by atoms with Gasteiger partial charge in [-0.3, -0.25) is 0 Å². The van der Waals surface area contributed by atoms with Crippen LogP contribution < -0.4 is 0 Å². The lowest BCUT2D eigenvalue weighted by molar-refractivity contribution is 0.142. The van der Waals surface area contributed by atoms with E-state index in [0.29, 0.717) is 25.7 Å². The number of hydrogen-bond donors (Lipinski definition) is 1. The van der Waals surface area contributed by atoms with Gasteiger partial charge in [-0.1, -0.05) is 62.8 Å². The molecule has 0 aromatic heterocycles. The molecule has 1 aliphatic rings. The van der Waals surface area contributed by atoms with Crippen molar-refractivity contribution in [3.05, 3.63) is 47.5 Å². The minimum atomic E-state index is 0.189. The van der Waals surface area contributed by atoms with Crippen LogP contribution in [-0.2, 0) is 11.3 Å². The Hall–Kier alpha value is -1.12. The minimum absolute atomic E-state index is 0.189. The van der Waals surface area contributed by atoms with Gasteiger partial charge in [-0.2, -0.15) is 0 Å². The first-order valence-electron chi connectivity index (χ1n) is 8.73. The molecule has 0 amide bonds. The molecule has 128 valence electrons. The van der Waals surface area contributed by atoms with Crippen LogP contribution in [0.3, 0.4) is 0 Å². The molecule has 2 heteroatoms. The van der Waals surface area contributed by atoms with Crippen LogP contribution in [0.2, 0.25) is 0 Å². The van der Waals surface area contributed by atoms with Crippen molar-refractivity contribution in [2.24, 2.45) is 16.7 Å². The number of allylic oxidation sites excluding steroid dienone is 1. The Morgan fingerprint density at radius 2 is 2.04 bits per heavy atom. The fourth-order valence-corrected chi connectivity index (χ4v) is 3.18. The maximum atomic E-state index is 9.41. The lowest BCUT2D eigenvalue weighted by Crippen LogP contribution is -2.15. The van der Waals surface area contributed by atoms with Gasteiger partial charge in [-0.15, -0.1) is 0 Å². The first-order valence-corrected chi connectivity index (χ1v) is 8.73. The molecule has 1 saturated carbocycles. The summed E-state index contributed by atoms with van der Waals surface area (Å²) in [5.74, 6) is 0.686. The molecule has 0 radical (unpaired) electrons. The number of aliphatic hydroxyl groups excluding tert-OH is 1. The summed E-state index contributed by atoms with van der Waals surface area (Å²) in [6.07, 6.45) is 5.77. The van der Waals surface area contributed by atoms with Gasteiger partial charge < -0.3 is 9.84 Å². The third-order valence-electron chi connectivity index (χ3n) is 5.14. The molecule has 0 aliphatic heterocycles. The normalized spacial score (nSPS) is 24.7. The first-order chi connectivity index (χ1) is 10.8. The third kappa shape index (κ3) is 5.78. The van der Waals surface area contributed by atoms with E-state index in [2.05, 4.69) is 45.9 Å². The van der Waals surface area contributed by atoms with Crippen LogP contribution in [0, 0.1) is 16.7 Å². The molecule has 1 fully saturated rings. The van der Waals surface area contributed by atoms with Gasteiger partial charge in [0.15, 0.2) is 0 Å². The summed E-state index contributed by atoms with van der Waals surface area (Å²) in [4.78, 5) is 0. The van der Waals surface area contributed by atoms with Crippen molar-refractivity contribution < 1.29 is 9.84 Å². The van der Waals surface area contributed by atoms with Crippen LogP contribution in [0.5, 0.6) is 0 Å². The van der Waals surface area contributed by atoms with Crippen molar-refractivity contribution in [3.63, 3.8) is 0 Å². The predicted octanol–water partition coefficient (Wildman–Crippen LogP) is 4.97. The van der Waals surface area contributed by atoms with Crippen molar-refractivity contribution in [1.82, 2.24) is 0 Å². The molecule has 1 aliphatic carbocycles. The summed E-state index contributed by atoms with van der Waals surface area (Å²) in [5, 5.41) is 9.41. The van der Waals surface area contributed by atoms with E-state index < -0.39 is 0 Å².